The fourth-order valence-corrected chi connectivity index (χ4v) is 2.66. The van der Waals surface area contributed by atoms with Crippen molar-refractivity contribution in [3.8, 4) is 5.75 Å². The van der Waals surface area contributed by atoms with Crippen molar-refractivity contribution in [1.29, 1.82) is 0 Å². The van der Waals surface area contributed by atoms with Crippen LogP contribution in [0.3, 0.4) is 0 Å². The first kappa shape index (κ1) is 16.9. The molecule has 2 aromatic carbocycles. The topological polar surface area (TPSA) is 86.4 Å². The van der Waals surface area contributed by atoms with E-state index >= 15 is 0 Å². The van der Waals surface area contributed by atoms with E-state index in [0.717, 1.165) is 22.3 Å². The largest absolute Gasteiger partial charge is 0.497 e. The first-order valence-electron chi connectivity index (χ1n) is 8.01. The lowest BCUT2D eigenvalue weighted by Gasteiger charge is -2.13. The number of nitrogens with one attached hydrogen (secondary N) is 3. The summed E-state index contributed by atoms with van der Waals surface area (Å²) in [6.45, 7) is 2.10. The number of rotatable bonds is 5. The highest BCUT2D eigenvalue weighted by molar-refractivity contribution is 5.93. The second-order valence-electron chi connectivity index (χ2n) is 5.88. The van der Waals surface area contributed by atoms with Crippen LogP contribution in [-0.2, 0) is 0 Å². The van der Waals surface area contributed by atoms with Crippen molar-refractivity contribution in [3.63, 3.8) is 0 Å². The third kappa shape index (κ3) is 4.10. The summed E-state index contributed by atoms with van der Waals surface area (Å²) in [5.41, 5.74) is 3.51. The number of anilines is 1. The average Bonchev–Trinajstić information content (AvgIpc) is 2.99. The molecule has 1 heterocycles. The van der Waals surface area contributed by atoms with Crippen molar-refractivity contribution in [1.82, 2.24) is 10.3 Å². The van der Waals surface area contributed by atoms with Gasteiger partial charge in [0, 0.05) is 28.8 Å². The molecule has 25 heavy (non-hydrogen) atoms. The van der Waals surface area contributed by atoms with Gasteiger partial charge in [-0.25, -0.2) is 4.79 Å². The summed E-state index contributed by atoms with van der Waals surface area (Å²) in [5.74, 6) is 0.719. The Morgan fingerprint density at radius 2 is 1.96 bits per heavy atom. The molecule has 6 heteroatoms. The lowest BCUT2D eigenvalue weighted by molar-refractivity contribution is 0.175. The van der Waals surface area contributed by atoms with E-state index in [0.29, 0.717) is 11.3 Å². The van der Waals surface area contributed by atoms with E-state index in [4.69, 9.17) is 4.74 Å². The summed E-state index contributed by atoms with van der Waals surface area (Å²) in [6.07, 6.45) is -0.786. The van der Waals surface area contributed by atoms with Crippen molar-refractivity contribution in [2.24, 2.45) is 0 Å². The number of benzene rings is 2. The van der Waals surface area contributed by atoms with Crippen molar-refractivity contribution in [3.05, 3.63) is 59.8 Å². The number of H-pyrrole nitrogens is 1. The van der Waals surface area contributed by atoms with Crippen LogP contribution in [-0.4, -0.2) is 29.8 Å². The molecular formula is C19H21N3O3. The molecule has 2 amide bonds. The molecule has 130 valence electrons. The Balaban J connectivity index is 1.55. The maximum atomic E-state index is 12.0. The van der Waals surface area contributed by atoms with E-state index in [-0.39, 0.29) is 12.6 Å². The number of fused-ring (bicyclic) bond motifs is 1. The van der Waals surface area contributed by atoms with E-state index in [9.17, 15) is 9.90 Å². The smallest absolute Gasteiger partial charge is 0.319 e. The van der Waals surface area contributed by atoms with Crippen LogP contribution in [0.2, 0.25) is 0 Å². The van der Waals surface area contributed by atoms with Crippen molar-refractivity contribution in [2.45, 2.75) is 13.0 Å². The van der Waals surface area contributed by atoms with Crippen LogP contribution < -0.4 is 15.4 Å². The number of ether oxygens (including phenoxy) is 1. The van der Waals surface area contributed by atoms with E-state index < -0.39 is 6.10 Å². The van der Waals surface area contributed by atoms with Gasteiger partial charge in [-0.05, 0) is 48.9 Å². The minimum absolute atomic E-state index is 0.115. The Hall–Kier alpha value is -2.99. The van der Waals surface area contributed by atoms with Gasteiger partial charge in [0.05, 0.1) is 13.2 Å². The lowest BCUT2D eigenvalue weighted by atomic mass is 10.1. The van der Waals surface area contributed by atoms with Crippen LogP contribution >= 0.6 is 0 Å². The van der Waals surface area contributed by atoms with Gasteiger partial charge in [0.1, 0.15) is 5.75 Å². The van der Waals surface area contributed by atoms with E-state index in [1.165, 1.54) is 0 Å². The number of aromatic amines is 1. The number of hydrogen-bond acceptors (Lipinski definition) is 3. The Kier molecular flexibility index (Phi) is 4.90. The monoisotopic (exact) mass is 339 g/mol. The van der Waals surface area contributed by atoms with Gasteiger partial charge in [-0.15, -0.1) is 0 Å². The van der Waals surface area contributed by atoms with Crippen LogP contribution in [0.25, 0.3) is 10.9 Å². The molecule has 0 bridgehead atoms. The number of carbonyl (C=O) groups is 1. The highest BCUT2D eigenvalue weighted by Crippen LogP contribution is 2.20. The van der Waals surface area contributed by atoms with Gasteiger partial charge in [0.25, 0.3) is 0 Å². The molecular weight excluding hydrogens is 318 g/mol. The average molecular weight is 339 g/mol. The third-order valence-electron chi connectivity index (χ3n) is 3.97. The first-order chi connectivity index (χ1) is 12.0. The molecule has 0 saturated carbocycles. The number of carbonyl (C=O) groups excluding carboxylic acids is 1. The maximum Gasteiger partial charge on any atom is 0.319 e. The van der Waals surface area contributed by atoms with Gasteiger partial charge in [-0.1, -0.05) is 12.1 Å². The molecule has 1 atom stereocenters. The molecule has 0 radical (unpaired) electrons. The summed E-state index contributed by atoms with van der Waals surface area (Å²) >= 11 is 0. The Morgan fingerprint density at radius 1 is 1.20 bits per heavy atom. The molecule has 0 aliphatic rings. The van der Waals surface area contributed by atoms with Gasteiger partial charge >= 0.3 is 6.03 Å². The predicted molar refractivity (Wildman–Crippen MR) is 98.0 cm³/mol. The van der Waals surface area contributed by atoms with Gasteiger partial charge in [0.2, 0.25) is 0 Å². The minimum Gasteiger partial charge on any atom is -0.497 e. The number of urea groups is 1. The molecule has 0 saturated heterocycles. The first-order valence-corrected chi connectivity index (χ1v) is 8.01. The fourth-order valence-electron chi connectivity index (χ4n) is 2.66. The molecule has 1 aromatic heterocycles. The van der Waals surface area contributed by atoms with Gasteiger partial charge in [0.15, 0.2) is 0 Å². The van der Waals surface area contributed by atoms with Crippen molar-refractivity contribution in [2.75, 3.05) is 19.0 Å². The highest BCUT2D eigenvalue weighted by Gasteiger charge is 2.10. The molecule has 3 rings (SSSR count). The van der Waals surface area contributed by atoms with Crippen LogP contribution in [0.4, 0.5) is 10.5 Å². The molecule has 0 aliphatic carbocycles. The zero-order valence-corrected chi connectivity index (χ0v) is 14.2. The Morgan fingerprint density at radius 3 is 2.68 bits per heavy atom. The van der Waals surface area contributed by atoms with Gasteiger partial charge < -0.3 is 25.5 Å². The Bertz CT molecular complexity index is 871. The zero-order chi connectivity index (χ0) is 17.8. The summed E-state index contributed by atoms with van der Waals surface area (Å²) in [4.78, 5) is 15.3. The maximum absolute atomic E-state index is 12.0. The van der Waals surface area contributed by atoms with Gasteiger partial charge in [-0.2, -0.15) is 0 Å². The number of aliphatic hydroxyl groups excluding tert-OH is 1. The lowest BCUT2D eigenvalue weighted by Crippen LogP contribution is -2.32. The van der Waals surface area contributed by atoms with E-state index in [1.54, 1.807) is 31.4 Å². The standard InChI is InChI=1S/C19H21N3O3/c1-12-9-14-10-15(5-8-17(14)21-12)22-19(24)20-11-18(23)13-3-6-16(25-2)7-4-13/h3-10,18,21,23H,11H2,1-2H3,(H2,20,22,24). The molecule has 4 N–H and O–H groups in total. The van der Waals surface area contributed by atoms with E-state index in [2.05, 4.69) is 15.6 Å². The number of amides is 2. The quantitative estimate of drug-likeness (QED) is 0.575. The minimum atomic E-state index is -0.786. The summed E-state index contributed by atoms with van der Waals surface area (Å²) in [5, 5.41) is 16.6. The van der Waals surface area contributed by atoms with Crippen molar-refractivity contribution < 1.29 is 14.6 Å². The van der Waals surface area contributed by atoms with Gasteiger partial charge in [-0.3, -0.25) is 0 Å². The normalized spacial score (nSPS) is 12.0. The van der Waals surface area contributed by atoms with Crippen molar-refractivity contribution >= 4 is 22.6 Å². The highest BCUT2D eigenvalue weighted by atomic mass is 16.5. The predicted octanol–water partition coefficient (Wildman–Crippen LogP) is 3.34. The third-order valence-corrected chi connectivity index (χ3v) is 3.97. The number of hydrogen-bond donors (Lipinski definition) is 4. The summed E-state index contributed by atoms with van der Waals surface area (Å²) in [7, 11) is 1.59. The molecule has 6 nitrogen and oxygen atoms in total. The second-order valence-corrected chi connectivity index (χ2v) is 5.88. The van der Waals surface area contributed by atoms with E-state index in [1.807, 2.05) is 31.2 Å². The van der Waals surface area contributed by atoms with Crippen LogP contribution in [0, 0.1) is 6.92 Å². The summed E-state index contributed by atoms with van der Waals surface area (Å²) < 4.78 is 5.08. The number of aromatic nitrogens is 1. The van der Waals surface area contributed by atoms with Crippen LogP contribution in [0.15, 0.2) is 48.5 Å². The summed E-state index contributed by atoms with van der Waals surface area (Å²) in [6, 6.07) is 14.4. The second kappa shape index (κ2) is 7.27. The number of aryl methyl sites for hydroxylation is 1. The van der Waals surface area contributed by atoms with Crippen LogP contribution in [0.1, 0.15) is 17.4 Å². The molecule has 0 aliphatic heterocycles. The molecule has 0 spiro atoms. The fraction of sp³-hybridized carbons (Fsp3) is 0.211. The number of methoxy groups -OCH3 is 1. The number of aliphatic hydroxyl groups is 1. The molecule has 0 fully saturated rings. The SMILES string of the molecule is COc1ccc(C(O)CNC(=O)Nc2ccc3[nH]c(C)cc3c2)cc1. The Labute approximate surface area is 145 Å². The molecule has 1 unspecified atom stereocenters. The van der Waals surface area contributed by atoms with Crippen LogP contribution in [0.5, 0.6) is 5.75 Å². The molecule has 3 aromatic rings. The zero-order valence-electron chi connectivity index (χ0n) is 14.2.